The molecule has 0 saturated carbocycles. The summed E-state index contributed by atoms with van der Waals surface area (Å²) in [5.74, 6) is 0.331. The molecule has 0 aliphatic heterocycles. The quantitative estimate of drug-likeness (QED) is 0.771. The first kappa shape index (κ1) is 11.7. The number of hydrogen-bond acceptors (Lipinski definition) is 3. The summed E-state index contributed by atoms with van der Waals surface area (Å²) >= 11 is 0. The molecule has 82 valence electrons. The summed E-state index contributed by atoms with van der Waals surface area (Å²) < 4.78 is 0. The van der Waals surface area contributed by atoms with E-state index in [1.807, 2.05) is 6.92 Å². The number of Topliss-reactive ketones (excluding diaryl/α,β-unsaturated/α-hetero) is 1. The largest absolute Gasteiger partial charge is 0.508 e. The Balaban J connectivity index is 2.54. The minimum atomic E-state index is -0.422. The van der Waals surface area contributed by atoms with Crippen LogP contribution in [-0.4, -0.2) is 16.9 Å². The summed E-state index contributed by atoms with van der Waals surface area (Å²) in [4.78, 5) is 11.4. The SMILES string of the molecule is CCCC(=O)[C@H](N)Cc1ccc(O)cc1. The molecule has 0 aliphatic rings. The Morgan fingerprint density at radius 3 is 2.53 bits per heavy atom. The summed E-state index contributed by atoms with van der Waals surface area (Å²) in [6, 6.07) is 6.36. The molecule has 0 unspecified atom stereocenters. The van der Waals surface area contributed by atoms with Crippen LogP contribution in [0.2, 0.25) is 0 Å². The van der Waals surface area contributed by atoms with Gasteiger partial charge in [0.1, 0.15) is 11.5 Å². The third kappa shape index (κ3) is 3.72. The molecule has 1 atom stereocenters. The van der Waals surface area contributed by atoms with E-state index in [4.69, 9.17) is 10.8 Å². The average Bonchev–Trinajstić information content (AvgIpc) is 2.22. The van der Waals surface area contributed by atoms with Crippen LogP contribution in [0.4, 0.5) is 0 Å². The first-order chi connectivity index (χ1) is 7.13. The Morgan fingerprint density at radius 2 is 2.00 bits per heavy atom. The molecular formula is C12H17NO2. The summed E-state index contributed by atoms with van der Waals surface area (Å²) in [5.41, 5.74) is 6.74. The maximum atomic E-state index is 11.4. The van der Waals surface area contributed by atoms with Crippen molar-refractivity contribution in [3.8, 4) is 5.75 Å². The third-order valence-electron chi connectivity index (χ3n) is 2.30. The second-order valence-electron chi connectivity index (χ2n) is 3.69. The van der Waals surface area contributed by atoms with Gasteiger partial charge in [-0.05, 0) is 30.5 Å². The van der Waals surface area contributed by atoms with E-state index in [2.05, 4.69) is 0 Å². The fraction of sp³-hybridized carbons (Fsp3) is 0.417. The predicted molar refractivity (Wildman–Crippen MR) is 59.7 cm³/mol. The van der Waals surface area contributed by atoms with E-state index in [0.717, 1.165) is 12.0 Å². The van der Waals surface area contributed by atoms with Crippen LogP contribution in [0.25, 0.3) is 0 Å². The van der Waals surface area contributed by atoms with Crippen molar-refractivity contribution in [3.05, 3.63) is 29.8 Å². The molecule has 0 saturated heterocycles. The fourth-order valence-electron chi connectivity index (χ4n) is 1.43. The predicted octanol–water partition coefficient (Wildman–Crippen LogP) is 1.63. The minimum Gasteiger partial charge on any atom is -0.508 e. The first-order valence-electron chi connectivity index (χ1n) is 5.19. The van der Waals surface area contributed by atoms with Crippen LogP contribution in [0.15, 0.2) is 24.3 Å². The van der Waals surface area contributed by atoms with Crippen molar-refractivity contribution in [2.24, 2.45) is 5.73 Å². The van der Waals surface area contributed by atoms with Gasteiger partial charge in [-0.3, -0.25) is 4.79 Å². The van der Waals surface area contributed by atoms with E-state index in [0.29, 0.717) is 12.8 Å². The molecule has 0 radical (unpaired) electrons. The highest BCUT2D eigenvalue weighted by atomic mass is 16.3. The molecule has 1 aromatic rings. The summed E-state index contributed by atoms with van der Waals surface area (Å²) in [6.45, 7) is 1.96. The van der Waals surface area contributed by atoms with Crippen molar-refractivity contribution in [2.45, 2.75) is 32.2 Å². The van der Waals surface area contributed by atoms with Crippen LogP contribution < -0.4 is 5.73 Å². The van der Waals surface area contributed by atoms with E-state index in [9.17, 15) is 4.79 Å². The molecule has 15 heavy (non-hydrogen) atoms. The lowest BCUT2D eigenvalue weighted by Gasteiger charge is -2.09. The molecule has 1 rings (SSSR count). The van der Waals surface area contributed by atoms with Crippen molar-refractivity contribution in [2.75, 3.05) is 0 Å². The number of phenolic OH excluding ortho intramolecular Hbond substituents is 1. The van der Waals surface area contributed by atoms with Gasteiger partial charge in [0.05, 0.1) is 6.04 Å². The Kier molecular flexibility index (Phi) is 4.31. The molecule has 0 bridgehead atoms. The van der Waals surface area contributed by atoms with Gasteiger partial charge in [-0.1, -0.05) is 19.1 Å². The van der Waals surface area contributed by atoms with Gasteiger partial charge in [-0.2, -0.15) is 0 Å². The van der Waals surface area contributed by atoms with E-state index < -0.39 is 6.04 Å². The highest BCUT2D eigenvalue weighted by molar-refractivity contribution is 5.83. The molecule has 3 nitrogen and oxygen atoms in total. The van der Waals surface area contributed by atoms with Crippen molar-refractivity contribution >= 4 is 5.78 Å². The van der Waals surface area contributed by atoms with Crippen LogP contribution in [0.3, 0.4) is 0 Å². The first-order valence-corrected chi connectivity index (χ1v) is 5.19. The van der Waals surface area contributed by atoms with Gasteiger partial charge >= 0.3 is 0 Å². The summed E-state index contributed by atoms with van der Waals surface area (Å²) in [6.07, 6.45) is 1.92. The molecule has 1 aromatic carbocycles. The lowest BCUT2D eigenvalue weighted by molar-refractivity contribution is -0.120. The average molecular weight is 207 g/mol. The van der Waals surface area contributed by atoms with Crippen LogP contribution in [0, 0.1) is 0 Å². The number of phenols is 1. The normalized spacial score (nSPS) is 12.4. The van der Waals surface area contributed by atoms with Gasteiger partial charge in [0.25, 0.3) is 0 Å². The van der Waals surface area contributed by atoms with Gasteiger partial charge in [0.15, 0.2) is 0 Å². The topological polar surface area (TPSA) is 63.3 Å². The van der Waals surface area contributed by atoms with E-state index in [-0.39, 0.29) is 11.5 Å². The number of rotatable bonds is 5. The van der Waals surface area contributed by atoms with Crippen LogP contribution >= 0.6 is 0 Å². The lowest BCUT2D eigenvalue weighted by Crippen LogP contribution is -2.32. The van der Waals surface area contributed by atoms with Gasteiger partial charge < -0.3 is 10.8 Å². The van der Waals surface area contributed by atoms with Gasteiger partial charge in [-0.25, -0.2) is 0 Å². The number of benzene rings is 1. The smallest absolute Gasteiger partial charge is 0.149 e. The number of carbonyl (C=O) groups excluding carboxylic acids is 1. The molecular weight excluding hydrogens is 190 g/mol. The van der Waals surface area contributed by atoms with Crippen molar-refractivity contribution in [1.29, 1.82) is 0 Å². The molecule has 0 heterocycles. The Hall–Kier alpha value is -1.35. The number of hydrogen-bond donors (Lipinski definition) is 2. The number of carbonyl (C=O) groups is 1. The number of ketones is 1. The van der Waals surface area contributed by atoms with Gasteiger partial charge in [-0.15, -0.1) is 0 Å². The summed E-state index contributed by atoms with van der Waals surface area (Å²) in [5, 5.41) is 9.09. The Bertz CT molecular complexity index is 319. The summed E-state index contributed by atoms with van der Waals surface area (Å²) in [7, 11) is 0. The maximum absolute atomic E-state index is 11.4. The van der Waals surface area contributed by atoms with Crippen LogP contribution in [0.1, 0.15) is 25.3 Å². The highest BCUT2D eigenvalue weighted by Gasteiger charge is 2.12. The second kappa shape index (κ2) is 5.51. The molecule has 0 fully saturated rings. The molecule has 0 aliphatic carbocycles. The third-order valence-corrected chi connectivity index (χ3v) is 2.30. The molecule has 0 aromatic heterocycles. The minimum absolute atomic E-state index is 0.102. The number of nitrogens with two attached hydrogens (primary N) is 1. The lowest BCUT2D eigenvalue weighted by atomic mass is 10.0. The van der Waals surface area contributed by atoms with E-state index >= 15 is 0 Å². The molecule has 3 N–H and O–H groups in total. The monoisotopic (exact) mass is 207 g/mol. The zero-order chi connectivity index (χ0) is 11.3. The van der Waals surface area contributed by atoms with Crippen molar-refractivity contribution in [3.63, 3.8) is 0 Å². The second-order valence-corrected chi connectivity index (χ2v) is 3.69. The maximum Gasteiger partial charge on any atom is 0.149 e. The van der Waals surface area contributed by atoms with E-state index in [1.54, 1.807) is 24.3 Å². The zero-order valence-corrected chi connectivity index (χ0v) is 8.94. The Morgan fingerprint density at radius 1 is 1.40 bits per heavy atom. The molecule has 0 spiro atoms. The zero-order valence-electron chi connectivity index (χ0n) is 8.94. The van der Waals surface area contributed by atoms with Gasteiger partial charge in [0.2, 0.25) is 0 Å². The standard InChI is InChI=1S/C12H17NO2/c1-2-3-12(15)11(13)8-9-4-6-10(14)7-5-9/h4-7,11,14H,2-3,8,13H2,1H3/t11-/m1/s1. The molecule has 0 amide bonds. The van der Waals surface area contributed by atoms with Crippen molar-refractivity contribution < 1.29 is 9.90 Å². The number of aromatic hydroxyl groups is 1. The van der Waals surface area contributed by atoms with Crippen molar-refractivity contribution in [1.82, 2.24) is 0 Å². The van der Waals surface area contributed by atoms with Crippen LogP contribution in [-0.2, 0) is 11.2 Å². The Labute approximate surface area is 89.9 Å². The molecule has 3 heteroatoms. The fourth-order valence-corrected chi connectivity index (χ4v) is 1.43. The van der Waals surface area contributed by atoms with Crippen LogP contribution in [0.5, 0.6) is 5.75 Å². The van der Waals surface area contributed by atoms with E-state index in [1.165, 1.54) is 0 Å². The highest BCUT2D eigenvalue weighted by Crippen LogP contribution is 2.11. The van der Waals surface area contributed by atoms with Gasteiger partial charge in [0, 0.05) is 6.42 Å².